The number of benzene rings is 7. The highest BCUT2D eigenvalue weighted by Crippen LogP contribution is 2.37. The second-order valence-corrected chi connectivity index (χ2v) is 13.3. The fourth-order valence-electron chi connectivity index (χ4n) is 6.85. The van der Waals surface area contributed by atoms with Gasteiger partial charge >= 0.3 is 0 Å². The predicted octanol–water partition coefficient (Wildman–Crippen LogP) is 12.5. The molecule has 0 aliphatic carbocycles. The fourth-order valence-corrected chi connectivity index (χ4v) is 6.85. The van der Waals surface area contributed by atoms with Crippen molar-refractivity contribution in [2.75, 3.05) is 14.2 Å². The van der Waals surface area contributed by atoms with Crippen LogP contribution >= 0.6 is 0 Å². The Labute approximate surface area is 329 Å². The van der Waals surface area contributed by atoms with Gasteiger partial charge in [-0.15, -0.1) is 0 Å². The molecule has 0 bridgehead atoms. The Morgan fingerprint density at radius 3 is 1.07 bits per heavy atom. The first-order chi connectivity index (χ1) is 27.6. The summed E-state index contributed by atoms with van der Waals surface area (Å²) in [6, 6.07) is 69.2. The average molecular weight is 722 g/mol. The lowest BCUT2D eigenvalue weighted by Crippen LogP contribution is -1.97. The minimum absolute atomic E-state index is 0.807. The van der Waals surface area contributed by atoms with Crippen molar-refractivity contribution in [3.05, 3.63) is 234 Å². The summed E-state index contributed by atoms with van der Waals surface area (Å²) >= 11 is 0. The summed E-state index contributed by atoms with van der Waals surface area (Å²) in [6.45, 7) is 0. The number of hydrogen-bond acceptors (Lipinski definition) is 3. The van der Waals surface area contributed by atoms with E-state index in [1.807, 2.05) is 48.5 Å². The molecule has 1 heterocycles. The van der Waals surface area contributed by atoms with Crippen LogP contribution in [0.4, 0.5) is 0 Å². The molecule has 8 rings (SSSR count). The van der Waals surface area contributed by atoms with Crippen LogP contribution in [0.15, 0.2) is 200 Å². The second kappa shape index (κ2) is 16.7. The van der Waals surface area contributed by atoms with Gasteiger partial charge in [0.25, 0.3) is 0 Å². The third kappa shape index (κ3) is 8.06. The van der Waals surface area contributed by atoms with Crippen LogP contribution in [0.2, 0.25) is 0 Å². The molecular weight excluding hydrogens is 683 g/mol. The molecule has 0 unspecified atom stereocenters. The first-order valence-electron chi connectivity index (χ1n) is 18.6. The molecular formula is C53H39NO2. The van der Waals surface area contributed by atoms with Crippen LogP contribution in [0.25, 0.3) is 44.8 Å². The monoisotopic (exact) mass is 721 g/mol. The van der Waals surface area contributed by atoms with Crippen molar-refractivity contribution >= 4 is 11.1 Å². The SMILES string of the molecule is COc1ccc(-c2cc(-c3ccc(C#Cc4ccc(C(=C(c5ccccc5)c5ccccc5)c5ccccc5)cc4)cc3)cc(-c3ccc(OC)cc3)n2)cc1. The molecule has 0 atom stereocenters. The van der Waals surface area contributed by atoms with Crippen LogP contribution in [0.5, 0.6) is 11.5 Å². The number of rotatable bonds is 9. The van der Waals surface area contributed by atoms with Gasteiger partial charge in [-0.3, -0.25) is 0 Å². The molecule has 3 heteroatoms. The van der Waals surface area contributed by atoms with E-state index >= 15 is 0 Å². The summed E-state index contributed by atoms with van der Waals surface area (Å²) in [5, 5.41) is 0. The Morgan fingerprint density at radius 1 is 0.357 bits per heavy atom. The van der Waals surface area contributed by atoms with E-state index in [1.165, 1.54) is 22.3 Å². The molecule has 0 spiro atoms. The van der Waals surface area contributed by atoms with Crippen molar-refractivity contribution in [1.82, 2.24) is 4.98 Å². The fraction of sp³-hybridized carbons (Fsp3) is 0.0377. The molecule has 56 heavy (non-hydrogen) atoms. The maximum Gasteiger partial charge on any atom is 0.118 e. The summed E-state index contributed by atoms with van der Waals surface area (Å²) in [4.78, 5) is 5.06. The molecule has 3 nitrogen and oxygen atoms in total. The van der Waals surface area contributed by atoms with E-state index in [-0.39, 0.29) is 0 Å². The Morgan fingerprint density at radius 2 is 0.696 bits per heavy atom. The number of ether oxygens (including phenoxy) is 2. The van der Waals surface area contributed by atoms with Gasteiger partial charge in [-0.05, 0) is 129 Å². The molecule has 0 N–H and O–H groups in total. The van der Waals surface area contributed by atoms with Gasteiger partial charge in [0.2, 0.25) is 0 Å². The van der Waals surface area contributed by atoms with E-state index in [9.17, 15) is 0 Å². The summed E-state index contributed by atoms with van der Waals surface area (Å²) < 4.78 is 10.8. The maximum absolute atomic E-state index is 5.40. The van der Waals surface area contributed by atoms with Crippen LogP contribution in [0, 0.1) is 11.8 Å². The van der Waals surface area contributed by atoms with E-state index in [4.69, 9.17) is 14.5 Å². The largest absolute Gasteiger partial charge is 0.497 e. The number of aromatic nitrogens is 1. The third-order valence-electron chi connectivity index (χ3n) is 9.78. The number of nitrogens with zero attached hydrogens (tertiary/aromatic N) is 1. The van der Waals surface area contributed by atoms with Crippen LogP contribution in [-0.4, -0.2) is 19.2 Å². The molecule has 0 aliphatic heterocycles. The van der Waals surface area contributed by atoms with Gasteiger partial charge in [0.05, 0.1) is 25.6 Å². The molecule has 0 radical (unpaired) electrons. The van der Waals surface area contributed by atoms with Gasteiger partial charge in [0.15, 0.2) is 0 Å². The normalized spacial score (nSPS) is 10.5. The highest BCUT2D eigenvalue weighted by Gasteiger charge is 2.16. The Balaban J connectivity index is 1.10. The van der Waals surface area contributed by atoms with E-state index in [0.717, 1.165) is 67.4 Å². The maximum atomic E-state index is 5.40. The van der Waals surface area contributed by atoms with E-state index in [0.29, 0.717) is 0 Å². The molecule has 0 saturated heterocycles. The first-order valence-corrected chi connectivity index (χ1v) is 18.6. The standard InChI is InChI=1S/C53H39NO2/c1-55-48-32-28-41(29-33-48)50-36-47(37-51(54-50)42-30-34-49(56-2)35-31-42)40-24-20-38(21-25-40)18-19-39-22-26-46(27-23-39)53(45-16-10-5-11-17-45)52(43-12-6-3-7-13-43)44-14-8-4-9-15-44/h3-17,20-37H,1-2H3. The minimum atomic E-state index is 0.807. The van der Waals surface area contributed by atoms with Gasteiger partial charge in [0, 0.05) is 22.3 Å². The summed E-state index contributed by atoms with van der Waals surface area (Å²) in [6.07, 6.45) is 0. The minimum Gasteiger partial charge on any atom is -0.497 e. The number of pyridine rings is 1. The third-order valence-corrected chi connectivity index (χ3v) is 9.78. The quantitative estimate of drug-likeness (QED) is 0.110. The lowest BCUT2D eigenvalue weighted by atomic mass is 9.85. The summed E-state index contributed by atoms with van der Waals surface area (Å²) in [5.74, 6) is 8.41. The van der Waals surface area contributed by atoms with Gasteiger partial charge in [-0.1, -0.05) is 127 Å². The molecule has 268 valence electrons. The van der Waals surface area contributed by atoms with Crippen molar-refractivity contribution in [2.45, 2.75) is 0 Å². The van der Waals surface area contributed by atoms with E-state index in [2.05, 4.69) is 164 Å². The van der Waals surface area contributed by atoms with Crippen molar-refractivity contribution in [1.29, 1.82) is 0 Å². The van der Waals surface area contributed by atoms with Crippen molar-refractivity contribution < 1.29 is 9.47 Å². The highest BCUT2D eigenvalue weighted by atomic mass is 16.5. The molecule has 1 aromatic heterocycles. The van der Waals surface area contributed by atoms with Crippen molar-refractivity contribution in [3.63, 3.8) is 0 Å². The lowest BCUT2D eigenvalue weighted by Gasteiger charge is -2.18. The smallest absolute Gasteiger partial charge is 0.118 e. The van der Waals surface area contributed by atoms with Gasteiger partial charge in [-0.2, -0.15) is 0 Å². The molecule has 0 aliphatic rings. The Kier molecular flexibility index (Phi) is 10.6. The molecule has 0 amide bonds. The van der Waals surface area contributed by atoms with Gasteiger partial charge in [0.1, 0.15) is 11.5 Å². The van der Waals surface area contributed by atoms with E-state index < -0.39 is 0 Å². The number of hydrogen-bond donors (Lipinski definition) is 0. The zero-order chi connectivity index (χ0) is 38.1. The Hall–Kier alpha value is -7.41. The number of methoxy groups -OCH3 is 2. The van der Waals surface area contributed by atoms with Crippen LogP contribution in [0.1, 0.15) is 33.4 Å². The highest BCUT2D eigenvalue weighted by molar-refractivity contribution is 6.04. The average Bonchev–Trinajstić information content (AvgIpc) is 3.28. The van der Waals surface area contributed by atoms with Gasteiger partial charge in [-0.25, -0.2) is 4.98 Å². The lowest BCUT2D eigenvalue weighted by molar-refractivity contribution is 0.415. The first kappa shape index (κ1) is 35.6. The van der Waals surface area contributed by atoms with Crippen molar-refractivity contribution in [2.24, 2.45) is 0 Å². The molecule has 8 aromatic rings. The Bertz CT molecular complexity index is 2530. The zero-order valence-corrected chi connectivity index (χ0v) is 31.3. The van der Waals surface area contributed by atoms with Crippen LogP contribution in [-0.2, 0) is 0 Å². The molecule has 0 saturated carbocycles. The summed E-state index contributed by atoms with van der Waals surface area (Å²) in [7, 11) is 3.35. The molecule has 0 fully saturated rings. The molecule has 7 aromatic carbocycles. The topological polar surface area (TPSA) is 31.4 Å². The van der Waals surface area contributed by atoms with E-state index in [1.54, 1.807) is 14.2 Å². The van der Waals surface area contributed by atoms with Crippen LogP contribution < -0.4 is 9.47 Å². The zero-order valence-electron chi connectivity index (χ0n) is 31.3. The van der Waals surface area contributed by atoms with Gasteiger partial charge < -0.3 is 9.47 Å². The van der Waals surface area contributed by atoms with Crippen molar-refractivity contribution in [3.8, 4) is 57.0 Å². The second-order valence-electron chi connectivity index (χ2n) is 13.3. The summed E-state index contributed by atoms with van der Waals surface area (Å²) in [5.41, 5.74) is 14.8. The van der Waals surface area contributed by atoms with Crippen LogP contribution in [0.3, 0.4) is 0 Å². The predicted molar refractivity (Wildman–Crippen MR) is 230 cm³/mol.